The molecule has 6 nitrogen and oxygen atoms in total. The number of rotatable bonds is 5. The van der Waals surface area contributed by atoms with Gasteiger partial charge in [0.1, 0.15) is 0 Å². The second kappa shape index (κ2) is 6.26. The zero-order valence-electron chi connectivity index (χ0n) is 12.3. The molecule has 0 aliphatic heterocycles. The lowest BCUT2D eigenvalue weighted by atomic mass is 10.2. The minimum absolute atomic E-state index is 0.162. The first-order valence-corrected chi connectivity index (χ1v) is 7.14. The predicted octanol–water partition coefficient (Wildman–Crippen LogP) is 2.02. The largest absolute Gasteiger partial charge is 0.345 e. The lowest BCUT2D eigenvalue weighted by Gasteiger charge is -2.08. The molecule has 0 radical (unpaired) electrons. The van der Waals surface area contributed by atoms with Crippen molar-refractivity contribution in [3.63, 3.8) is 0 Å². The third kappa shape index (κ3) is 2.90. The summed E-state index contributed by atoms with van der Waals surface area (Å²) < 4.78 is 3.75. The summed E-state index contributed by atoms with van der Waals surface area (Å²) in [6.45, 7) is 3.18. The third-order valence-corrected chi connectivity index (χ3v) is 3.45. The Kier molecular flexibility index (Phi) is 4.00. The van der Waals surface area contributed by atoms with E-state index in [4.69, 9.17) is 0 Å². The van der Waals surface area contributed by atoms with Gasteiger partial charge in [-0.15, -0.1) is 0 Å². The van der Waals surface area contributed by atoms with Gasteiger partial charge in [0, 0.05) is 43.6 Å². The second-order valence-electron chi connectivity index (χ2n) is 4.86. The molecule has 0 atom stereocenters. The van der Waals surface area contributed by atoms with E-state index in [1.54, 1.807) is 24.9 Å². The zero-order chi connectivity index (χ0) is 15.4. The average molecular weight is 295 g/mol. The van der Waals surface area contributed by atoms with Crippen molar-refractivity contribution in [1.82, 2.24) is 24.4 Å². The molecule has 3 rings (SSSR count). The number of aromatic nitrogens is 4. The summed E-state index contributed by atoms with van der Waals surface area (Å²) in [4.78, 5) is 20.2. The van der Waals surface area contributed by atoms with E-state index in [1.807, 2.05) is 46.5 Å². The summed E-state index contributed by atoms with van der Waals surface area (Å²) in [7, 11) is 0. The highest BCUT2D eigenvalue weighted by atomic mass is 16.2. The minimum Gasteiger partial charge on any atom is -0.345 e. The molecule has 6 heteroatoms. The van der Waals surface area contributed by atoms with Crippen molar-refractivity contribution in [3.05, 3.63) is 66.8 Å². The van der Waals surface area contributed by atoms with Crippen LogP contribution in [0.25, 0.3) is 5.69 Å². The van der Waals surface area contributed by atoms with Crippen molar-refractivity contribution in [3.8, 4) is 5.69 Å². The van der Waals surface area contributed by atoms with Crippen LogP contribution >= 0.6 is 0 Å². The SMILES string of the molecule is CCn1ccnc1C(=O)NCc1ccc(-n2ccnc2)cc1. The van der Waals surface area contributed by atoms with Crippen LogP contribution in [0, 0.1) is 0 Å². The minimum atomic E-state index is -0.162. The number of carbonyl (C=O) groups is 1. The average Bonchev–Trinajstić information content (AvgIpc) is 3.24. The molecule has 0 fully saturated rings. The molecule has 3 aromatic rings. The van der Waals surface area contributed by atoms with Crippen molar-refractivity contribution in [2.75, 3.05) is 0 Å². The van der Waals surface area contributed by atoms with Crippen molar-refractivity contribution in [2.24, 2.45) is 0 Å². The lowest BCUT2D eigenvalue weighted by molar-refractivity contribution is 0.0936. The van der Waals surface area contributed by atoms with Crippen LogP contribution in [0.3, 0.4) is 0 Å². The molecular weight excluding hydrogens is 278 g/mol. The van der Waals surface area contributed by atoms with E-state index in [1.165, 1.54) is 0 Å². The quantitative estimate of drug-likeness (QED) is 0.783. The Labute approximate surface area is 128 Å². The Hall–Kier alpha value is -2.89. The van der Waals surface area contributed by atoms with Gasteiger partial charge in [-0.2, -0.15) is 0 Å². The fraction of sp³-hybridized carbons (Fsp3) is 0.188. The number of hydrogen-bond donors (Lipinski definition) is 1. The second-order valence-corrected chi connectivity index (χ2v) is 4.86. The first kappa shape index (κ1) is 14.1. The molecule has 0 spiro atoms. The van der Waals surface area contributed by atoms with E-state index < -0.39 is 0 Å². The molecular formula is C16H17N5O. The molecule has 1 amide bonds. The Balaban J connectivity index is 1.63. The van der Waals surface area contributed by atoms with Crippen molar-refractivity contribution < 1.29 is 4.79 Å². The zero-order valence-corrected chi connectivity index (χ0v) is 12.3. The Morgan fingerprint density at radius 2 is 2.00 bits per heavy atom. The number of nitrogens with one attached hydrogen (secondary N) is 1. The molecule has 0 saturated carbocycles. The van der Waals surface area contributed by atoms with Crippen LogP contribution in [0.2, 0.25) is 0 Å². The molecule has 0 aliphatic rings. The molecule has 0 aliphatic carbocycles. The summed E-state index contributed by atoms with van der Waals surface area (Å²) in [5.74, 6) is 0.281. The van der Waals surface area contributed by atoms with Gasteiger partial charge in [0.15, 0.2) is 5.82 Å². The number of amides is 1. The van der Waals surface area contributed by atoms with Crippen molar-refractivity contribution in [2.45, 2.75) is 20.0 Å². The van der Waals surface area contributed by atoms with E-state index in [2.05, 4.69) is 15.3 Å². The molecule has 2 heterocycles. The first-order valence-electron chi connectivity index (χ1n) is 7.14. The number of imidazole rings is 2. The highest BCUT2D eigenvalue weighted by Crippen LogP contribution is 2.09. The van der Waals surface area contributed by atoms with Gasteiger partial charge < -0.3 is 14.5 Å². The van der Waals surface area contributed by atoms with Gasteiger partial charge in [0.05, 0.1) is 6.33 Å². The van der Waals surface area contributed by atoms with E-state index >= 15 is 0 Å². The standard InChI is InChI=1S/C16H17N5O/c1-2-20-10-8-18-15(20)16(22)19-11-13-3-5-14(6-4-13)21-9-7-17-12-21/h3-10,12H,2,11H2,1H3,(H,19,22). The Morgan fingerprint density at radius 3 is 2.68 bits per heavy atom. The van der Waals surface area contributed by atoms with Crippen molar-refractivity contribution >= 4 is 5.91 Å². The molecule has 2 aromatic heterocycles. The third-order valence-electron chi connectivity index (χ3n) is 3.45. The lowest BCUT2D eigenvalue weighted by Crippen LogP contribution is -2.26. The highest BCUT2D eigenvalue weighted by Gasteiger charge is 2.11. The number of carbonyl (C=O) groups excluding carboxylic acids is 1. The molecule has 0 saturated heterocycles. The molecule has 1 aromatic carbocycles. The van der Waals surface area contributed by atoms with Crippen LogP contribution < -0.4 is 5.32 Å². The molecule has 112 valence electrons. The number of nitrogens with zero attached hydrogens (tertiary/aromatic N) is 4. The number of benzene rings is 1. The van der Waals surface area contributed by atoms with Crippen LogP contribution in [0.15, 0.2) is 55.4 Å². The summed E-state index contributed by atoms with van der Waals surface area (Å²) in [5.41, 5.74) is 2.07. The fourth-order valence-corrected chi connectivity index (χ4v) is 2.23. The maximum atomic E-state index is 12.1. The Bertz CT molecular complexity index is 743. The van der Waals surface area contributed by atoms with Gasteiger partial charge in [0.2, 0.25) is 0 Å². The summed E-state index contributed by atoms with van der Waals surface area (Å²) in [5, 5.41) is 2.89. The van der Waals surface area contributed by atoms with E-state index in [0.29, 0.717) is 12.4 Å². The van der Waals surface area contributed by atoms with Crippen LogP contribution in [-0.2, 0) is 13.1 Å². The maximum Gasteiger partial charge on any atom is 0.287 e. The van der Waals surface area contributed by atoms with Gasteiger partial charge in [-0.25, -0.2) is 9.97 Å². The molecule has 22 heavy (non-hydrogen) atoms. The van der Waals surface area contributed by atoms with E-state index in [9.17, 15) is 4.79 Å². The normalized spacial score (nSPS) is 10.6. The van der Waals surface area contributed by atoms with Crippen LogP contribution in [0.4, 0.5) is 0 Å². The van der Waals surface area contributed by atoms with Crippen molar-refractivity contribution in [1.29, 1.82) is 0 Å². The van der Waals surface area contributed by atoms with Gasteiger partial charge in [0.25, 0.3) is 5.91 Å². The molecule has 0 unspecified atom stereocenters. The molecule has 0 bridgehead atoms. The summed E-state index contributed by atoms with van der Waals surface area (Å²) in [6.07, 6.45) is 8.82. The predicted molar refractivity (Wildman–Crippen MR) is 82.6 cm³/mol. The van der Waals surface area contributed by atoms with Gasteiger partial charge in [-0.3, -0.25) is 4.79 Å². The van der Waals surface area contributed by atoms with E-state index in [0.717, 1.165) is 17.8 Å². The Morgan fingerprint density at radius 1 is 1.18 bits per heavy atom. The topological polar surface area (TPSA) is 64.7 Å². The fourth-order valence-electron chi connectivity index (χ4n) is 2.23. The molecule has 1 N–H and O–H groups in total. The summed E-state index contributed by atoms with van der Waals surface area (Å²) >= 11 is 0. The van der Waals surface area contributed by atoms with E-state index in [-0.39, 0.29) is 5.91 Å². The number of hydrogen-bond acceptors (Lipinski definition) is 3. The smallest absolute Gasteiger partial charge is 0.287 e. The van der Waals surface area contributed by atoms with Gasteiger partial charge >= 0.3 is 0 Å². The first-order chi connectivity index (χ1) is 10.8. The van der Waals surface area contributed by atoms with Crippen LogP contribution in [0.5, 0.6) is 0 Å². The van der Waals surface area contributed by atoms with Crippen LogP contribution in [-0.4, -0.2) is 25.0 Å². The van der Waals surface area contributed by atoms with Gasteiger partial charge in [-0.1, -0.05) is 12.1 Å². The highest BCUT2D eigenvalue weighted by molar-refractivity contribution is 5.90. The number of aryl methyl sites for hydroxylation is 1. The maximum absolute atomic E-state index is 12.1. The monoisotopic (exact) mass is 295 g/mol. The van der Waals surface area contributed by atoms with Gasteiger partial charge in [-0.05, 0) is 24.6 Å². The van der Waals surface area contributed by atoms with Crippen LogP contribution in [0.1, 0.15) is 23.1 Å². The summed E-state index contributed by atoms with van der Waals surface area (Å²) in [6, 6.07) is 7.97.